The van der Waals surface area contributed by atoms with Crippen molar-refractivity contribution in [3.8, 4) is 0 Å². The Bertz CT molecular complexity index is 414. The fraction of sp³-hybridized carbons (Fsp3) is 0.615. The van der Waals surface area contributed by atoms with Crippen molar-refractivity contribution in [3.05, 3.63) is 12.2 Å². The Kier molecular flexibility index (Phi) is 6.83. The molecular weight excluding hydrogens is 276 g/mol. The molecule has 1 saturated heterocycles. The molecule has 0 aliphatic carbocycles. The van der Waals surface area contributed by atoms with E-state index >= 15 is 0 Å². The lowest BCUT2D eigenvalue weighted by Crippen LogP contribution is -2.53. The first-order valence-electron chi connectivity index (χ1n) is 6.76. The quantitative estimate of drug-likeness (QED) is 0.635. The zero-order valence-electron chi connectivity index (χ0n) is 12.4. The van der Waals surface area contributed by atoms with Gasteiger partial charge in [0.05, 0.1) is 0 Å². The highest BCUT2D eigenvalue weighted by Gasteiger charge is 2.21. The van der Waals surface area contributed by atoms with Crippen molar-refractivity contribution in [1.29, 1.82) is 0 Å². The van der Waals surface area contributed by atoms with E-state index in [0.29, 0.717) is 19.2 Å². The van der Waals surface area contributed by atoms with Crippen LogP contribution in [0.2, 0.25) is 0 Å². The van der Waals surface area contributed by atoms with Gasteiger partial charge in [0.15, 0.2) is 0 Å². The van der Waals surface area contributed by atoms with Crippen LogP contribution in [0.15, 0.2) is 12.2 Å². The number of urea groups is 1. The minimum absolute atomic E-state index is 0.484. The van der Waals surface area contributed by atoms with Crippen LogP contribution in [-0.4, -0.2) is 91.1 Å². The molecule has 0 radical (unpaired) electrons. The molecule has 0 bridgehead atoms. The zero-order valence-corrected chi connectivity index (χ0v) is 12.4. The van der Waals surface area contributed by atoms with Crippen LogP contribution in [0.5, 0.6) is 0 Å². The summed E-state index contributed by atoms with van der Waals surface area (Å²) in [6.45, 7) is 4.54. The minimum atomic E-state index is -1.23. The van der Waals surface area contributed by atoms with Crippen LogP contribution in [0.25, 0.3) is 0 Å². The molecule has 118 valence electrons. The Balaban J connectivity index is 2.31. The number of hydrogen-bond acceptors (Lipinski definition) is 5. The number of amides is 3. The lowest BCUT2D eigenvalue weighted by molar-refractivity contribution is -0.131. The number of hydrogen-bond donors (Lipinski definition) is 2. The first-order valence-corrected chi connectivity index (χ1v) is 6.76. The third-order valence-electron chi connectivity index (χ3n) is 3.13. The molecule has 0 aromatic rings. The van der Waals surface area contributed by atoms with Crippen molar-refractivity contribution < 1.29 is 19.5 Å². The molecule has 0 aromatic carbocycles. The Labute approximate surface area is 124 Å². The van der Waals surface area contributed by atoms with Gasteiger partial charge in [0.25, 0.3) is 5.91 Å². The van der Waals surface area contributed by atoms with Gasteiger partial charge in [0.2, 0.25) is 0 Å². The lowest BCUT2D eigenvalue weighted by Gasteiger charge is -2.34. The van der Waals surface area contributed by atoms with E-state index in [4.69, 9.17) is 5.11 Å². The number of carboxylic acid groups (broad SMARTS) is 1. The summed E-state index contributed by atoms with van der Waals surface area (Å²) in [6, 6.07) is -0.484. The van der Waals surface area contributed by atoms with Gasteiger partial charge in [0.1, 0.15) is 0 Å². The second-order valence-electron chi connectivity index (χ2n) is 5.10. The van der Waals surface area contributed by atoms with E-state index in [1.54, 1.807) is 4.90 Å². The fourth-order valence-corrected chi connectivity index (χ4v) is 1.89. The molecule has 21 heavy (non-hydrogen) atoms. The summed E-state index contributed by atoms with van der Waals surface area (Å²) in [5.41, 5.74) is 0. The van der Waals surface area contributed by atoms with Crippen LogP contribution in [0.1, 0.15) is 0 Å². The molecule has 0 atom stereocenters. The van der Waals surface area contributed by atoms with E-state index in [-0.39, 0.29) is 0 Å². The van der Waals surface area contributed by atoms with E-state index < -0.39 is 17.9 Å². The summed E-state index contributed by atoms with van der Waals surface area (Å²) in [5, 5.41) is 10.5. The fourth-order valence-electron chi connectivity index (χ4n) is 1.89. The molecule has 2 N–H and O–H groups in total. The van der Waals surface area contributed by atoms with Crippen molar-refractivity contribution in [3.63, 3.8) is 0 Å². The maximum atomic E-state index is 11.8. The van der Waals surface area contributed by atoms with Crippen LogP contribution in [-0.2, 0) is 9.59 Å². The summed E-state index contributed by atoms with van der Waals surface area (Å²) < 4.78 is 0. The molecule has 3 amide bonds. The van der Waals surface area contributed by atoms with E-state index in [1.165, 1.54) is 0 Å². The average Bonchev–Trinajstić information content (AvgIpc) is 2.43. The van der Waals surface area contributed by atoms with Gasteiger partial charge >= 0.3 is 12.0 Å². The van der Waals surface area contributed by atoms with E-state index in [9.17, 15) is 14.4 Å². The molecule has 1 rings (SSSR count). The van der Waals surface area contributed by atoms with Gasteiger partial charge in [-0.25, -0.2) is 9.59 Å². The van der Waals surface area contributed by atoms with Gasteiger partial charge in [-0.2, -0.15) is 0 Å². The summed E-state index contributed by atoms with van der Waals surface area (Å²) in [4.78, 5) is 39.3. The first-order chi connectivity index (χ1) is 9.88. The second-order valence-corrected chi connectivity index (χ2v) is 5.10. The summed E-state index contributed by atoms with van der Waals surface area (Å²) in [6.07, 6.45) is 1.52. The van der Waals surface area contributed by atoms with Crippen molar-refractivity contribution in [2.75, 3.05) is 53.4 Å². The topological polar surface area (TPSA) is 93.2 Å². The van der Waals surface area contributed by atoms with Crippen molar-refractivity contribution in [2.24, 2.45) is 0 Å². The summed E-state index contributed by atoms with van der Waals surface area (Å²) >= 11 is 0. The molecular formula is C13H22N4O4. The number of piperazine rings is 1. The third-order valence-corrected chi connectivity index (χ3v) is 3.13. The molecule has 0 unspecified atom stereocenters. The number of nitrogens with one attached hydrogen (secondary N) is 1. The van der Waals surface area contributed by atoms with Crippen LogP contribution in [0.3, 0.4) is 0 Å². The van der Waals surface area contributed by atoms with Crippen LogP contribution in [0.4, 0.5) is 4.79 Å². The average molecular weight is 298 g/mol. The van der Waals surface area contributed by atoms with Gasteiger partial charge in [0, 0.05) is 51.4 Å². The molecule has 0 aromatic heterocycles. The maximum Gasteiger partial charge on any atom is 0.328 e. The standard InChI is InChI=1S/C13H22N4O4/c1-15(2)5-6-16-7-9-17(10-8-16)13(21)14-11(18)3-4-12(19)20/h3-4H,5-10H2,1-2H3,(H,19,20)(H,14,18,21). The predicted octanol–water partition coefficient (Wildman–Crippen LogP) is -0.957. The Morgan fingerprint density at radius 3 is 2.29 bits per heavy atom. The van der Waals surface area contributed by atoms with Crippen molar-refractivity contribution >= 4 is 17.9 Å². The molecule has 8 nitrogen and oxygen atoms in total. The number of imide groups is 1. The highest BCUT2D eigenvalue weighted by Crippen LogP contribution is 2.02. The van der Waals surface area contributed by atoms with Gasteiger partial charge in [-0.1, -0.05) is 0 Å². The predicted molar refractivity (Wildman–Crippen MR) is 76.9 cm³/mol. The molecule has 1 fully saturated rings. The summed E-state index contributed by atoms with van der Waals surface area (Å²) in [5.74, 6) is -1.95. The van der Waals surface area contributed by atoms with Crippen LogP contribution in [0, 0.1) is 0 Å². The first kappa shape index (κ1) is 17.1. The molecule has 0 saturated carbocycles. The van der Waals surface area contributed by atoms with Crippen molar-refractivity contribution in [1.82, 2.24) is 20.0 Å². The second kappa shape index (κ2) is 8.38. The lowest BCUT2D eigenvalue weighted by atomic mass is 10.3. The van der Waals surface area contributed by atoms with E-state index in [1.807, 2.05) is 14.1 Å². The maximum absolute atomic E-state index is 11.8. The van der Waals surface area contributed by atoms with Gasteiger partial charge in [-0.05, 0) is 14.1 Å². The molecule has 0 spiro atoms. The van der Waals surface area contributed by atoms with Gasteiger partial charge < -0.3 is 14.9 Å². The number of aliphatic carboxylic acids is 1. The molecule has 1 heterocycles. The number of likely N-dealkylation sites (N-methyl/N-ethyl adjacent to an activating group) is 1. The normalized spacial score (nSPS) is 16.4. The Hall–Kier alpha value is -1.93. The smallest absolute Gasteiger partial charge is 0.328 e. The molecule has 1 aliphatic rings. The van der Waals surface area contributed by atoms with Crippen LogP contribution < -0.4 is 5.32 Å². The summed E-state index contributed by atoms with van der Waals surface area (Å²) in [7, 11) is 4.03. The molecule has 8 heteroatoms. The largest absolute Gasteiger partial charge is 0.478 e. The highest BCUT2D eigenvalue weighted by molar-refractivity contribution is 6.02. The van der Waals surface area contributed by atoms with E-state index in [2.05, 4.69) is 15.1 Å². The van der Waals surface area contributed by atoms with Gasteiger partial charge in [-0.3, -0.25) is 15.0 Å². The van der Waals surface area contributed by atoms with Crippen molar-refractivity contribution in [2.45, 2.75) is 0 Å². The number of carbonyl (C=O) groups excluding carboxylic acids is 2. The monoisotopic (exact) mass is 298 g/mol. The number of rotatable bonds is 5. The van der Waals surface area contributed by atoms with Gasteiger partial charge in [-0.15, -0.1) is 0 Å². The highest BCUT2D eigenvalue weighted by atomic mass is 16.4. The number of carboxylic acids is 1. The number of nitrogens with zero attached hydrogens (tertiary/aromatic N) is 3. The number of carbonyl (C=O) groups is 3. The Morgan fingerprint density at radius 1 is 1.14 bits per heavy atom. The van der Waals surface area contributed by atoms with Crippen LogP contribution >= 0.6 is 0 Å². The zero-order chi connectivity index (χ0) is 15.8. The third kappa shape index (κ3) is 6.87. The minimum Gasteiger partial charge on any atom is -0.478 e. The molecule has 1 aliphatic heterocycles. The van der Waals surface area contributed by atoms with E-state index in [0.717, 1.165) is 32.3 Å². The Morgan fingerprint density at radius 2 is 1.76 bits per heavy atom. The SMILES string of the molecule is CN(C)CCN1CCN(C(=O)NC(=O)C=CC(=O)O)CC1.